The molecular weight excluding hydrogens is 444 g/mol. The maximum absolute atomic E-state index is 6.71. The van der Waals surface area contributed by atoms with E-state index in [2.05, 4.69) is 92.7 Å². The number of benzene rings is 5. The Hall–Kier alpha value is -3.82. The van der Waals surface area contributed by atoms with Gasteiger partial charge in [0, 0.05) is 6.42 Å². The molecule has 1 heterocycles. The van der Waals surface area contributed by atoms with Crippen molar-refractivity contribution in [2.75, 3.05) is 6.61 Å². The third-order valence-corrected chi connectivity index (χ3v) is 7.09. The third-order valence-electron chi connectivity index (χ3n) is 7.09. The van der Waals surface area contributed by atoms with Crippen LogP contribution in [0.4, 0.5) is 0 Å². The first-order valence-corrected chi connectivity index (χ1v) is 12.6. The molecule has 36 heavy (non-hydrogen) atoms. The SMILES string of the molecule is Cc1ccc(OC[C@H]2O[C@H](c3cc4ccccc4c4ccccc34)C[C@@H]2Oc2ccc(C)cc2)cc1. The molecule has 1 saturated heterocycles. The lowest BCUT2D eigenvalue weighted by Gasteiger charge is -2.20. The van der Waals surface area contributed by atoms with Gasteiger partial charge in [-0.2, -0.15) is 0 Å². The molecule has 3 atom stereocenters. The van der Waals surface area contributed by atoms with Crippen molar-refractivity contribution in [3.63, 3.8) is 0 Å². The highest BCUT2D eigenvalue weighted by Gasteiger charge is 2.39. The van der Waals surface area contributed by atoms with Crippen LogP contribution in [0.15, 0.2) is 103 Å². The van der Waals surface area contributed by atoms with Crippen LogP contribution in [-0.2, 0) is 4.74 Å². The van der Waals surface area contributed by atoms with E-state index in [1.165, 1.54) is 38.2 Å². The summed E-state index contributed by atoms with van der Waals surface area (Å²) in [5.74, 6) is 1.71. The van der Waals surface area contributed by atoms with Crippen molar-refractivity contribution in [2.24, 2.45) is 0 Å². The molecule has 0 aromatic heterocycles. The molecule has 0 N–H and O–H groups in total. The monoisotopic (exact) mass is 474 g/mol. The molecule has 6 rings (SSSR count). The van der Waals surface area contributed by atoms with E-state index in [9.17, 15) is 0 Å². The van der Waals surface area contributed by atoms with Gasteiger partial charge in [0.15, 0.2) is 0 Å². The van der Waals surface area contributed by atoms with Gasteiger partial charge in [0.1, 0.15) is 30.3 Å². The van der Waals surface area contributed by atoms with Crippen molar-refractivity contribution in [3.05, 3.63) is 120 Å². The lowest BCUT2D eigenvalue weighted by molar-refractivity contribution is -0.0103. The maximum atomic E-state index is 6.71. The molecule has 3 heteroatoms. The summed E-state index contributed by atoms with van der Waals surface area (Å²) in [5, 5.41) is 4.98. The van der Waals surface area contributed by atoms with Gasteiger partial charge in [-0.05, 0) is 71.3 Å². The first-order valence-electron chi connectivity index (χ1n) is 12.6. The van der Waals surface area contributed by atoms with E-state index in [4.69, 9.17) is 14.2 Å². The van der Waals surface area contributed by atoms with Crippen LogP contribution in [0.5, 0.6) is 11.5 Å². The molecule has 5 aromatic rings. The zero-order valence-electron chi connectivity index (χ0n) is 20.7. The Labute approximate surface area is 212 Å². The normalized spacial score (nSPS) is 19.6. The predicted octanol–water partition coefficient (Wildman–Crippen LogP) is 7.97. The van der Waals surface area contributed by atoms with E-state index in [0.29, 0.717) is 6.61 Å². The average Bonchev–Trinajstić information content (AvgIpc) is 3.31. The molecule has 1 aliphatic rings. The fourth-order valence-corrected chi connectivity index (χ4v) is 5.14. The van der Waals surface area contributed by atoms with Crippen molar-refractivity contribution in [2.45, 2.75) is 38.6 Å². The minimum atomic E-state index is -0.192. The Kier molecular flexibility index (Phi) is 6.08. The van der Waals surface area contributed by atoms with Crippen LogP contribution in [0.25, 0.3) is 21.5 Å². The van der Waals surface area contributed by atoms with Crippen molar-refractivity contribution in [1.29, 1.82) is 0 Å². The summed E-state index contributed by atoms with van der Waals surface area (Å²) in [6.07, 6.45) is 0.371. The Morgan fingerprint density at radius 2 is 1.31 bits per heavy atom. The molecular formula is C33H30O3. The largest absolute Gasteiger partial charge is 0.491 e. The van der Waals surface area contributed by atoms with Gasteiger partial charge in [0.2, 0.25) is 0 Å². The number of hydrogen-bond donors (Lipinski definition) is 0. The van der Waals surface area contributed by atoms with Crippen LogP contribution in [-0.4, -0.2) is 18.8 Å². The van der Waals surface area contributed by atoms with Crippen molar-refractivity contribution >= 4 is 21.5 Å². The molecule has 0 spiro atoms. The van der Waals surface area contributed by atoms with Crippen LogP contribution < -0.4 is 9.47 Å². The highest BCUT2D eigenvalue weighted by Crippen LogP contribution is 2.41. The van der Waals surface area contributed by atoms with Crippen molar-refractivity contribution in [3.8, 4) is 11.5 Å². The number of rotatable bonds is 6. The Balaban J connectivity index is 1.33. The molecule has 5 aromatic carbocycles. The second-order valence-corrected chi connectivity index (χ2v) is 9.72. The Morgan fingerprint density at radius 3 is 2.03 bits per heavy atom. The van der Waals surface area contributed by atoms with Gasteiger partial charge < -0.3 is 14.2 Å². The summed E-state index contributed by atoms with van der Waals surface area (Å²) in [6, 6.07) is 35.8. The minimum Gasteiger partial charge on any atom is -0.491 e. The van der Waals surface area contributed by atoms with Gasteiger partial charge in [-0.1, -0.05) is 83.9 Å². The van der Waals surface area contributed by atoms with E-state index in [-0.39, 0.29) is 18.3 Å². The molecule has 1 aliphatic heterocycles. The standard InChI is InChI=1S/C33H30O3/c1-22-11-15-25(16-12-22)34-21-33-32(35-26-17-13-23(2)14-18-26)20-31(36-33)30-19-24-7-3-4-8-27(24)28-9-5-6-10-29(28)30/h3-19,31-33H,20-21H2,1-2H3/t31-,32-,33+/m0/s1. The van der Waals surface area contributed by atoms with E-state index in [0.717, 1.165) is 17.9 Å². The average molecular weight is 475 g/mol. The minimum absolute atomic E-state index is 0.0819. The van der Waals surface area contributed by atoms with E-state index < -0.39 is 0 Å². The fourth-order valence-electron chi connectivity index (χ4n) is 5.14. The zero-order valence-corrected chi connectivity index (χ0v) is 20.7. The third kappa shape index (κ3) is 4.55. The molecule has 0 radical (unpaired) electrons. The molecule has 3 nitrogen and oxygen atoms in total. The van der Waals surface area contributed by atoms with Crippen LogP contribution >= 0.6 is 0 Å². The molecule has 0 amide bonds. The van der Waals surface area contributed by atoms with Gasteiger partial charge in [0.25, 0.3) is 0 Å². The second-order valence-electron chi connectivity index (χ2n) is 9.72. The van der Waals surface area contributed by atoms with E-state index >= 15 is 0 Å². The summed E-state index contributed by atoms with van der Waals surface area (Å²) in [5.41, 5.74) is 3.63. The summed E-state index contributed by atoms with van der Waals surface area (Å²) in [7, 11) is 0. The number of aryl methyl sites for hydroxylation is 2. The number of ether oxygens (including phenoxy) is 3. The van der Waals surface area contributed by atoms with Gasteiger partial charge in [-0.15, -0.1) is 0 Å². The summed E-state index contributed by atoms with van der Waals surface area (Å²) in [6.45, 7) is 4.59. The molecule has 0 unspecified atom stereocenters. The summed E-state index contributed by atoms with van der Waals surface area (Å²) < 4.78 is 19.4. The Morgan fingerprint density at radius 1 is 0.694 bits per heavy atom. The summed E-state index contributed by atoms with van der Waals surface area (Å²) >= 11 is 0. The number of hydrogen-bond acceptors (Lipinski definition) is 3. The first-order chi connectivity index (χ1) is 17.6. The van der Waals surface area contributed by atoms with Gasteiger partial charge in [-0.25, -0.2) is 0 Å². The van der Waals surface area contributed by atoms with Gasteiger partial charge >= 0.3 is 0 Å². The Bertz CT molecular complexity index is 1490. The topological polar surface area (TPSA) is 27.7 Å². The lowest BCUT2D eigenvalue weighted by Crippen LogP contribution is -2.32. The number of fused-ring (bicyclic) bond motifs is 3. The van der Waals surface area contributed by atoms with Gasteiger partial charge in [-0.3, -0.25) is 0 Å². The van der Waals surface area contributed by atoms with E-state index in [1.54, 1.807) is 0 Å². The smallest absolute Gasteiger partial charge is 0.131 e. The molecule has 0 saturated carbocycles. The van der Waals surface area contributed by atoms with Crippen molar-refractivity contribution in [1.82, 2.24) is 0 Å². The van der Waals surface area contributed by atoms with Crippen LogP contribution in [0, 0.1) is 13.8 Å². The highest BCUT2D eigenvalue weighted by atomic mass is 16.6. The van der Waals surface area contributed by atoms with Crippen LogP contribution in [0.3, 0.4) is 0 Å². The van der Waals surface area contributed by atoms with Crippen molar-refractivity contribution < 1.29 is 14.2 Å². The van der Waals surface area contributed by atoms with Crippen LogP contribution in [0.2, 0.25) is 0 Å². The second kappa shape index (κ2) is 9.67. The molecule has 0 bridgehead atoms. The van der Waals surface area contributed by atoms with Gasteiger partial charge in [0.05, 0.1) is 6.10 Å². The molecule has 1 fully saturated rings. The summed E-state index contributed by atoms with van der Waals surface area (Å²) in [4.78, 5) is 0. The first kappa shape index (κ1) is 22.6. The van der Waals surface area contributed by atoms with Crippen LogP contribution in [0.1, 0.15) is 29.2 Å². The quantitative estimate of drug-likeness (QED) is 0.234. The predicted molar refractivity (Wildman–Crippen MR) is 146 cm³/mol. The molecule has 0 aliphatic carbocycles. The van der Waals surface area contributed by atoms with E-state index in [1.807, 2.05) is 24.3 Å². The lowest BCUT2D eigenvalue weighted by atomic mass is 9.93. The molecule has 180 valence electrons. The fraction of sp³-hybridized carbons (Fsp3) is 0.212. The zero-order chi connectivity index (χ0) is 24.5. The highest BCUT2D eigenvalue weighted by molar-refractivity contribution is 6.09. The maximum Gasteiger partial charge on any atom is 0.131 e.